The van der Waals surface area contributed by atoms with E-state index in [1.54, 1.807) is 0 Å². The molecule has 0 bridgehead atoms. The van der Waals surface area contributed by atoms with Gasteiger partial charge in [-0.3, -0.25) is 0 Å². The molecule has 0 saturated heterocycles. The monoisotopic (exact) mass is 900 g/mol. The molecule has 12 rings (SSSR count). The van der Waals surface area contributed by atoms with Crippen LogP contribution in [0.3, 0.4) is 0 Å². The Morgan fingerprint density at radius 2 is 0.486 bits per heavy atom. The number of anilines is 6. The molecule has 0 unspecified atom stereocenters. The molecule has 0 N–H and O–H groups in total. The molecule has 2 aliphatic rings. The number of rotatable bonds is 9. The molecule has 0 saturated carbocycles. The van der Waals surface area contributed by atoms with Gasteiger partial charge in [0.05, 0.1) is 0 Å². The van der Waals surface area contributed by atoms with Gasteiger partial charge < -0.3 is 9.80 Å². The van der Waals surface area contributed by atoms with Crippen LogP contribution in [-0.2, 0) is 10.8 Å². The zero-order chi connectivity index (χ0) is 47.7. The van der Waals surface area contributed by atoms with E-state index in [0.717, 1.165) is 34.1 Å². The van der Waals surface area contributed by atoms with Crippen molar-refractivity contribution in [2.75, 3.05) is 9.80 Å². The van der Waals surface area contributed by atoms with Crippen molar-refractivity contribution in [1.82, 2.24) is 0 Å². The number of aryl methyl sites for hydroxylation is 2. The second-order valence-electron chi connectivity index (χ2n) is 20.4. The van der Waals surface area contributed by atoms with Crippen LogP contribution in [0.5, 0.6) is 0 Å². The number of fused-ring (bicyclic) bond motifs is 6. The molecule has 10 aromatic carbocycles. The Morgan fingerprint density at radius 3 is 0.800 bits per heavy atom. The van der Waals surface area contributed by atoms with Crippen LogP contribution in [0, 0.1) is 13.8 Å². The van der Waals surface area contributed by atoms with E-state index in [1.165, 1.54) is 89.0 Å². The van der Waals surface area contributed by atoms with E-state index in [0.29, 0.717) is 0 Å². The molecular weight excluding hydrogens is 845 g/mol. The summed E-state index contributed by atoms with van der Waals surface area (Å²) in [5.41, 5.74) is 27.4. The fraction of sp³-hybridized carbons (Fsp3) is 0.118. The number of hydrogen-bond donors (Lipinski definition) is 0. The van der Waals surface area contributed by atoms with E-state index >= 15 is 0 Å². The lowest BCUT2D eigenvalue weighted by Gasteiger charge is -2.26. The summed E-state index contributed by atoms with van der Waals surface area (Å²) < 4.78 is 0. The Labute approximate surface area is 413 Å². The van der Waals surface area contributed by atoms with Crippen LogP contribution in [-0.4, -0.2) is 0 Å². The highest BCUT2D eigenvalue weighted by Gasteiger charge is 2.36. The van der Waals surface area contributed by atoms with Gasteiger partial charge in [0.25, 0.3) is 0 Å². The number of nitrogens with zero attached hydrogens (tertiary/aromatic N) is 2. The molecule has 0 amide bonds. The molecule has 2 heteroatoms. The lowest BCUT2D eigenvalue weighted by atomic mass is 9.82. The average molecular weight is 901 g/mol. The predicted octanol–water partition coefficient (Wildman–Crippen LogP) is 18.9. The Morgan fingerprint density at radius 1 is 0.243 bits per heavy atom. The van der Waals surface area contributed by atoms with Crippen molar-refractivity contribution in [2.45, 2.75) is 52.4 Å². The predicted molar refractivity (Wildman–Crippen MR) is 297 cm³/mol. The zero-order valence-corrected chi connectivity index (χ0v) is 40.8. The van der Waals surface area contributed by atoms with Gasteiger partial charge >= 0.3 is 0 Å². The first-order valence-corrected chi connectivity index (χ1v) is 24.7. The molecule has 70 heavy (non-hydrogen) atoms. The summed E-state index contributed by atoms with van der Waals surface area (Å²) in [5, 5.41) is 0. The second-order valence-corrected chi connectivity index (χ2v) is 20.4. The van der Waals surface area contributed by atoms with Crippen molar-refractivity contribution < 1.29 is 0 Å². The highest BCUT2D eigenvalue weighted by Crippen LogP contribution is 2.51. The molecule has 0 atom stereocenters. The summed E-state index contributed by atoms with van der Waals surface area (Å²) in [5.74, 6) is 0. The van der Waals surface area contributed by atoms with Crippen molar-refractivity contribution in [2.24, 2.45) is 0 Å². The quantitative estimate of drug-likeness (QED) is 0.142. The summed E-state index contributed by atoms with van der Waals surface area (Å²) in [6, 6.07) is 85.5. The smallest absolute Gasteiger partial charge is 0.0462 e. The average Bonchev–Trinajstić information content (AvgIpc) is 3.77. The second kappa shape index (κ2) is 16.8. The molecule has 2 aliphatic carbocycles. The zero-order valence-electron chi connectivity index (χ0n) is 40.8. The van der Waals surface area contributed by atoms with Crippen LogP contribution in [0.15, 0.2) is 231 Å². The van der Waals surface area contributed by atoms with Gasteiger partial charge in [-0.1, -0.05) is 184 Å². The third-order valence-corrected chi connectivity index (χ3v) is 15.3. The van der Waals surface area contributed by atoms with E-state index in [1.807, 2.05) is 0 Å². The Bertz CT molecular complexity index is 3320. The van der Waals surface area contributed by atoms with Crippen LogP contribution in [0.25, 0.3) is 55.6 Å². The van der Waals surface area contributed by atoms with E-state index in [4.69, 9.17) is 0 Å². The van der Waals surface area contributed by atoms with Crippen LogP contribution >= 0.6 is 0 Å². The highest BCUT2D eigenvalue weighted by atomic mass is 15.1. The normalized spacial score (nSPS) is 13.5. The standard InChI is InChI=1S/C68H56N2/c1-45-15-29-53(30-16-45)69(57-37-23-49(24-38-57)51-27-41-65-61(43-51)59-11-7-9-13-63(59)67(65,3)4)55-33-19-47(20-34-55)48-21-35-56(36-22-48)70(54-31-17-46(2)18-32-54)58-39-25-50(26-40-58)52-28-42-66-62(44-52)60-12-8-10-14-64(60)68(66,5)6/h7-44H,1-6H3. The molecule has 2 nitrogen and oxygen atoms in total. The summed E-state index contributed by atoms with van der Waals surface area (Å²) in [6.45, 7) is 13.6. The van der Waals surface area contributed by atoms with Gasteiger partial charge in [-0.15, -0.1) is 0 Å². The summed E-state index contributed by atoms with van der Waals surface area (Å²) in [7, 11) is 0. The summed E-state index contributed by atoms with van der Waals surface area (Å²) in [4.78, 5) is 4.71. The van der Waals surface area contributed by atoms with Crippen LogP contribution < -0.4 is 9.80 Å². The third kappa shape index (κ3) is 7.34. The SMILES string of the molecule is Cc1ccc(N(c2ccc(-c3ccc(N(c4ccc(C)cc4)c4ccc(-c5ccc6c(c5)-c5ccccc5C6(C)C)cc4)cc3)cc2)c2ccc(-c3ccc4c(c3)-c3ccccc3C4(C)C)cc2)cc1. The number of benzene rings is 10. The van der Waals surface area contributed by atoms with E-state index in [-0.39, 0.29) is 10.8 Å². The van der Waals surface area contributed by atoms with Gasteiger partial charge in [0.1, 0.15) is 0 Å². The molecule has 0 heterocycles. The topological polar surface area (TPSA) is 6.48 Å². The Hall–Kier alpha value is -8.20. The largest absolute Gasteiger partial charge is 0.311 e. The molecule has 0 spiro atoms. The molecule has 0 aromatic heterocycles. The van der Waals surface area contributed by atoms with Gasteiger partial charge in [-0.25, -0.2) is 0 Å². The van der Waals surface area contributed by atoms with Gasteiger partial charge in [0.15, 0.2) is 0 Å². The fourth-order valence-corrected chi connectivity index (χ4v) is 11.3. The van der Waals surface area contributed by atoms with Gasteiger partial charge in [0, 0.05) is 45.0 Å². The first kappa shape index (κ1) is 43.1. The van der Waals surface area contributed by atoms with Gasteiger partial charge in [-0.05, 0) is 177 Å². The maximum absolute atomic E-state index is 2.38. The molecular formula is C68H56N2. The minimum Gasteiger partial charge on any atom is -0.311 e. The van der Waals surface area contributed by atoms with E-state index in [9.17, 15) is 0 Å². The van der Waals surface area contributed by atoms with Gasteiger partial charge in [-0.2, -0.15) is 0 Å². The first-order valence-electron chi connectivity index (χ1n) is 24.7. The van der Waals surface area contributed by atoms with Crippen LogP contribution in [0.1, 0.15) is 61.1 Å². The lowest BCUT2D eigenvalue weighted by Crippen LogP contribution is -2.14. The Kier molecular flexibility index (Phi) is 10.3. The summed E-state index contributed by atoms with van der Waals surface area (Å²) in [6.07, 6.45) is 0. The van der Waals surface area contributed by atoms with Crippen molar-refractivity contribution in [3.8, 4) is 55.6 Å². The van der Waals surface area contributed by atoms with Gasteiger partial charge in [0.2, 0.25) is 0 Å². The van der Waals surface area contributed by atoms with Crippen molar-refractivity contribution in [1.29, 1.82) is 0 Å². The minimum atomic E-state index is -0.00419. The Balaban J connectivity index is 0.821. The van der Waals surface area contributed by atoms with Crippen molar-refractivity contribution >= 4 is 34.1 Å². The van der Waals surface area contributed by atoms with E-state index in [2.05, 4.69) is 282 Å². The molecule has 338 valence electrons. The van der Waals surface area contributed by atoms with E-state index < -0.39 is 0 Å². The maximum Gasteiger partial charge on any atom is 0.0462 e. The highest BCUT2D eigenvalue weighted by molar-refractivity contribution is 5.88. The minimum absolute atomic E-state index is 0.00419. The lowest BCUT2D eigenvalue weighted by molar-refractivity contribution is 0.660. The van der Waals surface area contributed by atoms with Crippen LogP contribution in [0.4, 0.5) is 34.1 Å². The maximum atomic E-state index is 2.38. The van der Waals surface area contributed by atoms with Crippen molar-refractivity contribution in [3.63, 3.8) is 0 Å². The first-order chi connectivity index (χ1) is 34.0. The molecule has 0 radical (unpaired) electrons. The number of hydrogen-bond acceptors (Lipinski definition) is 2. The van der Waals surface area contributed by atoms with Crippen LogP contribution in [0.2, 0.25) is 0 Å². The molecule has 10 aromatic rings. The fourth-order valence-electron chi connectivity index (χ4n) is 11.3. The summed E-state index contributed by atoms with van der Waals surface area (Å²) >= 11 is 0. The molecule has 0 aliphatic heterocycles. The van der Waals surface area contributed by atoms with Crippen molar-refractivity contribution in [3.05, 3.63) is 264 Å². The molecule has 0 fully saturated rings. The third-order valence-electron chi connectivity index (χ3n) is 15.3.